The minimum absolute atomic E-state index is 0.00992. The van der Waals surface area contributed by atoms with Gasteiger partial charge in [-0.1, -0.05) is 11.6 Å². The smallest absolute Gasteiger partial charge is 0.129 e. The van der Waals surface area contributed by atoms with Crippen LogP contribution in [0, 0.1) is 6.92 Å². The highest BCUT2D eigenvalue weighted by Crippen LogP contribution is 2.17. The number of nitrogens with one attached hydrogen (secondary N) is 1. The van der Waals surface area contributed by atoms with Gasteiger partial charge in [-0.2, -0.15) is 5.10 Å². The standard InChI is InChI=1S/C14H19ClN4/c1-10-12(5-6-13(15)18-10)16-7-11-8-17-19(9-11)14(2,3)4/h5-6,8-9,16H,7H2,1-4H3. The molecular formula is C14H19ClN4. The molecular weight excluding hydrogens is 260 g/mol. The van der Waals surface area contributed by atoms with Gasteiger partial charge < -0.3 is 5.32 Å². The predicted octanol–water partition coefficient (Wildman–Crippen LogP) is 3.61. The largest absolute Gasteiger partial charge is 0.379 e. The van der Waals surface area contributed by atoms with Crippen molar-refractivity contribution in [1.29, 1.82) is 0 Å². The molecule has 102 valence electrons. The predicted molar refractivity (Wildman–Crippen MR) is 78.5 cm³/mol. The molecule has 0 saturated carbocycles. The van der Waals surface area contributed by atoms with Crippen LogP contribution >= 0.6 is 11.6 Å². The van der Waals surface area contributed by atoms with Gasteiger partial charge in [0.1, 0.15) is 5.15 Å². The molecule has 5 heteroatoms. The van der Waals surface area contributed by atoms with E-state index >= 15 is 0 Å². The molecule has 0 unspecified atom stereocenters. The molecule has 1 N–H and O–H groups in total. The Morgan fingerprint density at radius 2 is 2.05 bits per heavy atom. The second kappa shape index (κ2) is 5.21. The number of rotatable bonds is 3. The number of nitrogens with zero attached hydrogens (tertiary/aromatic N) is 3. The van der Waals surface area contributed by atoms with Crippen molar-refractivity contribution in [2.45, 2.75) is 39.8 Å². The molecule has 2 rings (SSSR count). The first-order valence-corrected chi connectivity index (χ1v) is 6.65. The highest BCUT2D eigenvalue weighted by molar-refractivity contribution is 6.29. The van der Waals surface area contributed by atoms with Gasteiger partial charge in [0.15, 0.2) is 0 Å². The maximum Gasteiger partial charge on any atom is 0.129 e. The number of aromatic nitrogens is 3. The first-order chi connectivity index (χ1) is 8.86. The molecule has 2 heterocycles. The Morgan fingerprint density at radius 3 is 2.63 bits per heavy atom. The van der Waals surface area contributed by atoms with Gasteiger partial charge in [-0.25, -0.2) is 4.98 Å². The van der Waals surface area contributed by atoms with Crippen molar-refractivity contribution in [1.82, 2.24) is 14.8 Å². The van der Waals surface area contributed by atoms with Crippen LogP contribution in [0.25, 0.3) is 0 Å². The third-order valence-corrected chi connectivity index (χ3v) is 3.07. The van der Waals surface area contributed by atoms with Crippen LogP contribution in [0.3, 0.4) is 0 Å². The lowest BCUT2D eigenvalue weighted by atomic mass is 10.1. The molecule has 2 aromatic heterocycles. The summed E-state index contributed by atoms with van der Waals surface area (Å²) in [5, 5.41) is 8.24. The van der Waals surface area contributed by atoms with Crippen molar-refractivity contribution in [2.75, 3.05) is 5.32 Å². The number of pyridine rings is 1. The van der Waals surface area contributed by atoms with Crippen molar-refractivity contribution in [2.24, 2.45) is 0 Å². The van der Waals surface area contributed by atoms with Crippen LogP contribution in [0.2, 0.25) is 5.15 Å². The van der Waals surface area contributed by atoms with Crippen LogP contribution in [0.5, 0.6) is 0 Å². The molecule has 4 nitrogen and oxygen atoms in total. The summed E-state index contributed by atoms with van der Waals surface area (Å²) in [4.78, 5) is 4.21. The van der Waals surface area contributed by atoms with E-state index in [0.29, 0.717) is 5.15 Å². The summed E-state index contributed by atoms with van der Waals surface area (Å²) in [6.07, 6.45) is 3.95. The van der Waals surface area contributed by atoms with Crippen LogP contribution in [-0.2, 0) is 12.1 Å². The number of anilines is 1. The van der Waals surface area contributed by atoms with E-state index in [-0.39, 0.29) is 5.54 Å². The van der Waals surface area contributed by atoms with Gasteiger partial charge in [-0.15, -0.1) is 0 Å². The molecule has 0 amide bonds. The molecule has 0 fully saturated rings. The van der Waals surface area contributed by atoms with E-state index in [0.717, 1.165) is 23.5 Å². The summed E-state index contributed by atoms with van der Waals surface area (Å²) >= 11 is 5.84. The van der Waals surface area contributed by atoms with Gasteiger partial charge in [0.05, 0.1) is 23.1 Å². The lowest BCUT2D eigenvalue weighted by molar-refractivity contribution is 0.355. The van der Waals surface area contributed by atoms with Crippen molar-refractivity contribution in [3.63, 3.8) is 0 Å². The van der Waals surface area contributed by atoms with E-state index in [1.165, 1.54) is 0 Å². The maximum atomic E-state index is 5.84. The summed E-state index contributed by atoms with van der Waals surface area (Å²) in [5.74, 6) is 0. The molecule has 0 spiro atoms. The van der Waals surface area contributed by atoms with Gasteiger partial charge in [-0.3, -0.25) is 4.68 Å². The third-order valence-electron chi connectivity index (χ3n) is 2.86. The van der Waals surface area contributed by atoms with E-state index in [1.807, 2.05) is 23.9 Å². The zero-order valence-electron chi connectivity index (χ0n) is 11.7. The van der Waals surface area contributed by atoms with E-state index < -0.39 is 0 Å². The Kier molecular flexibility index (Phi) is 3.80. The first kappa shape index (κ1) is 13.9. The van der Waals surface area contributed by atoms with Crippen LogP contribution < -0.4 is 5.32 Å². The fraction of sp³-hybridized carbons (Fsp3) is 0.429. The van der Waals surface area contributed by atoms with Gasteiger partial charge in [0.2, 0.25) is 0 Å². The first-order valence-electron chi connectivity index (χ1n) is 6.27. The summed E-state index contributed by atoms with van der Waals surface area (Å²) < 4.78 is 1.97. The zero-order chi connectivity index (χ0) is 14.0. The second-order valence-corrected chi connectivity index (χ2v) is 5.97. The quantitative estimate of drug-likeness (QED) is 0.872. The molecule has 0 bridgehead atoms. The molecule has 0 aliphatic heterocycles. The van der Waals surface area contributed by atoms with Gasteiger partial charge in [0.25, 0.3) is 0 Å². The number of aryl methyl sites for hydroxylation is 1. The van der Waals surface area contributed by atoms with E-state index in [4.69, 9.17) is 11.6 Å². The Morgan fingerprint density at radius 1 is 1.32 bits per heavy atom. The topological polar surface area (TPSA) is 42.7 Å². The minimum Gasteiger partial charge on any atom is -0.379 e. The lowest BCUT2D eigenvalue weighted by Crippen LogP contribution is -2.21. The van der Waals surface area contributed by atoms with Crippen LogP contribution in [0.1, 0.15) is 32.0 Å². The van der Waals surface area contributed by atoms with Gasteiger partial charge in [0, 0.05) is 18.3 Å². The third kappa shape index (κ3) is 3.47. The Balaban J connectivity index is 2.04. The van der Waals surface area contributed by atoms with Crippen LogP contribution in [-0.4, -0.2) is 14.8 Å². The molecule has 0 atom stereocenters. The summed E-state index contributed by atoms with van der Waals surface area (Å²) in [5.41, 5.74) is 3.05. The van der Waals surface area contributed by atoms with E-state index in [2.05, 4.69) is 42.4 Å². The fourth-order valence-corrected chi connectivity index (χ4v) is 1.92. The number of halogens is 1. The molecule has 19 heavy (non-hydrogen) atoms. The van der Waals surface area contributed by atoms with Crippen LogP contribution in [0.15, 0.2) is 24.5 Å². The summed E-state index contributed by atoms with van der Waals surface area (Å²) in [7, 11) is 0. The zero-order valence-corrected chi connectivity index (χ0v) is 12.5. The van der Waals surface area contributed by atoms with E-state index in [1.54, 1.807) is 6.07 Å². The molecule has 0 radical (unpaired) electrons. The highest BCUT2D eigenvalue weighted by atomic mass is 35.5. The monoisotopic (exact) mass is 278 g/mol. The van der Waals surface area contributed by atoms with Gasteiger partial charge in [-0.05, 0) is 39.8 Å². The SMILES string of the molecule is Cc1nc(Cl)ccc1NCc1cnn(C(C)(C)C)c1. The second-order valence-electron chi connectivity index (χ2n) is 5.58. The molecule has 0 saturated heterocycles. The van der Waals surface area contributed by atoms with Crippen molar-refractivity contribution in [3.05, 3.63) is 40.9 Å². The van der Waals surface area contributed by atoms with Crippen molar-refractivity contribution in [3.8, 4) is 0 Å². The number of hydrogen-bond donors (Lipinski definition) is 1. The minimum atomic E-state index is 0.00992. The Labute approximate surface area is 118 Å². The fourth-order valence-electron chi connectivity index (χ4n) is 1.73. The van der Waals surface area contributed by atoms with Crippen molar-refractivity contribution < 1.29 is 0 Å². The van der Waals surface area contributed by atoms with Gasteiger partial charge >= 0.3 is 0 Å². The van der Waals surface area contributed by atoms with E-state index in [9.17, 15) is 0 Å². The molecule has 0 aliphatic rings. The molecule has 0 aromatic carbocycles. The Bertz CT molecular complexity index is 569. The average molecular weight is 279 g/mol. The lowest BCUT2D eigenvalue weighted by Gasteiger charge is -2.18. The summed E-state index contributed by atoms with van der Waals surface area (Å²) in [6.45, 7) is 9.05. The average Bonchev–Trinajstić information content (AvgIpc) is 2.76. The normalized spacial score (nSPS) is 11.6. The highest BCUT2D eigenvalue weighted by Gasteiger charge is 2.13. The van der Waals surface area contributed by atoms with Crippen LogP contribution in [0.4, 0.5) is 5.69 Å². The molecule has 0 aliphatic carbocycles. The van der Waals surface area contributed by atoms with Crippen molar-refractivity contribution >= 4 is 17.3 Å². The Hall–Kier alpha value is -1.55. The maximum absolute atomic E-state index is 5.84. The number of hydrogen-bond acceptors (Lipinski definition) is 3. The summed E-state index contributed by atoms with van der Waals surface area (Å²) in [6, 6.07) is 3.73. The molecule has 2 aromatic rings.